The molecule has 8 nitrogen and oxygen atoms in total. The van der Waals surface area contributed by atoms with Crippen molar-refractivity contribution in [2.45, 2.75) is 19.6 Å². The average molecular weight is 515 g/mol. The van der Waals surface area contributed by atoms with E-state index in [9.17, 15) is 22.8 Å². The van der Waals surface area contributed by atoms with Crippen molar-refractivity contribution in [3.63, 3.8) is 0 Å². The molecule has 1 aliphatic heterocycles. The number of benzene rings is 2. The molecular formula is C26H29F3N6O2. The summed E-state index contributed by atoms with van der Waals surface area (Å²) in [6, 6.07) is 8.83. The van der Waals surface area contributed by atoms with E-state index in [1.807, 2.05) is 18.9 Å². The van der Waals surface area contributed by atoms with Crippen LogP contribution in [0.1, 0.15) is 37.7 Å². The van der Waals surface area contributed by atoms with E-state index in [2.05, 4.69) is 15.2 Å². The third kappa shape index (κ3) is 5.83. The molecule has 37 heavy (non-hydrogen) atoms. The highest BCUT2D eigenvalue weighted by Crippen LogP contribution is 2.35. The Morgan fingerprint density at radius 1 is 1.05 bits per heavy atom. The van der Waals surface area contributed by atoms with Gasteiger partial charge in [0.25, 0.3) is 11.8 Å². The number of carbonyl (C=O) groups excluding carboxylic acids is 2. The average Bonchev–Trinajstić information content (AvgIpc) is 3.22. The standard InChI is InChI=1S/C26H29F3N6O2/c1-16-4-5-17(12-20(16)22-14-31-24(23(30)36)34(22)3)25(37)32-19-7-6-18(21(13-19)26(27,28)29)15-35-10-8-33(2)9-11-35/h4-7,12-14H,8-11,15H2,1-3H3,(H2,30,36)(H,32,37). The lowest BCUT2D eigenvalue weighted by atomic mass is 10.0. The molecule has 2 heterocycles. The molecule has 11 heteroatoms. The molecule has 3 aromatic rings. The van der Waals surface area contributed by atoms with Gasteiger partial charge in [0, 0.05) is 56.6 Å². The number of hydrogen-bond donors (Lipinski definition) is 2. The molecule has 3 N–H and O–H groups in total. The maximum atomic E-state index is 13.9. The van der Waals surface area contributed by atoms with Crippen LogP contribution < -0.4 is 11.1 Å². The molecule has 0 bridgehead atoms. The van der Waals surface area contributed by atoms with Crippen molar-refractivity contribution in [3.8, 4) is 11.3 Å². The van der Waals surface area contributed by atoms with Crippen LogP contribution in [0.25, 0.3) is 11.3 Å². The van der Waals surface area contributed by atoms with Crippen LogP contribution in [-0.2, 0) is 19.8 Å². The van der Waals surface area contributed by atoms with E-state index >= 15 is 0 Å². The molecule has 4 rings (SSSR count). The molecule has 0 radical (unpaired) electrons. The zero-order chi connectivity index (χ0) is 26.9. The number of nitrogens with two attached hydrogens (primary N) is 1. The Morgan fingerprint density at radius 2 is 1.76 bits per heavy atom. The van der Waals surface area contributed by atoms with Gasteiger partial charge in [0.2, 0.25) is 0 Å². The molecule has 1 fully saturated rings. The van der Waals surface area contributed by atoms with Crippen molar-refractivity contribution >= 4 is 17.5 Å². The number of halogens is 3. The van der Waals surface area contributed by atoms with Gasteiger partial charge in [-0.1, -0.05) is 12.1 Å². The number of rotatable bonds is 6. The van der Waals surface area contributed by atoms with Gasteiger partial charge < -0.3 is 20.5 Å². The van der Waals surface area contributed by atoms with Gasteiger partial charge in [0.1, 0.15) is 0 Å². The Kier molecular flexibility index (Phi) is 7.37. The quantitative estimate of drug-likeness (QED) is 0.525. The van der Waals surface area contributed by atoms with E-state index in [1.165, 1.54) is 22.9 Å². The summed E-state index contributed by atoms with van der Waals surface area (Å²) in [5, 5.41) is 2.59. The summed E-state index contributed by atoms with van der Waals surface area (Å²) in [4.78, 5) is 32.7. The number of anilines is 1. The number of aryl methyl sites for hydroxylation is 1. The number of nitrogens with one attached hydrogen (secondary N) is 1. The number of likely N-dealkylation sites (N-methyl/N-ethyl adjacent to an activating group) is 1. The van der Waals surface area contributed by atoms with Crippen molar-refractivity contribution in [2.24, 2.45) is 12.8 Å². The Balaban J connectivity index is 1.57. The van der Waals surface area contributed by atoms with Crippen LogP contribution in [0.2, 0.25) is 0 Å². The zero-order valence-electron chi connectivity index (χ0n) is 20.9. The number of nitrogens with zero attached hydrogens (tertiary/aromatic N) is 4. The number of aromatic nitrogens is 2. The maximum absolute atomic E-state index is 13.9. The highest BCUT2D eigenvalue weighted by molar-refractivity contribution is 6.05. The van der Waals surface area contributed by atoms with Crippen molar-refractivity contribution in [2.75, 3.05) is 38.5 Å². The predicted octanol–water partition coefficient (Wildman–Crippen LogP) is 3.51. The first kappa shape index (κ1) is 26.4. The van der Waals surface area contributed by atoms with Crippen LogP contribution in [-0.4, -0.2) is 64.4 Å². The van der Waals surface area contributed by atoms with Crippen molar-refractivity contribution in [1.29, 1.82) is 0 Å². The lowest BCUT2D eigenvalue weighted by molar-refractivity contribution is -0.138. The lowest BCUT2D eigenvalue weighted by Gasteiger charge is -2.33. The van der Waals surface area contributed by atoms with E-state index in [0.29, 0.717) is 24.3 Å². The van der Waals surface area contributed by atoms with Crippen LogP contribution in [0, 0.1) is 6.92 Å². The van der Waals surface area contributed by atoms with Gasteiger partial charge in [-0.05, 0) is 49.4 Å². The number of primary amides is 1. The molecule has 0 spiro atoms. The number of piperazine rings is 1. The Morgan fingerprint density at radius 3 is 2.38 bits per heavy atom. The second-order valence-corrected chi connectivity index (χ2v) is 9.32. The summed E-state index contributed by atoms with van der Waals surface area (Å²) in [5.41, 5.74) is 7.11. The maximum Gasteiger partial charge on any atom is 0.416 e. The first-order chi connectivity index (χ1) is 17.4. The van der Waals surface area contributed by atoms with E-state index in [1.54, 1.807) is 25.2 Å². The third-order valence-electron chi connectivity index (χ3n) is 6.65. The fourth-order valence-corrected chi connectivity index (χ4v) is 4.43. The van der Waals surface area contributed by atoms with Crippen molar-refractivity contribution < 1.29 is 22.8 Å². The third-order valence-corrected chi connectivity index (χ3v) is 6.65. The number of imidazole rings is 1. The molecule has 2 aromatic carbocycles. The smallest absolute Gasteiger partial charge is 0.363 e. The van der Waals surface area contributed by atoms with Gasteiger partial charge in [-0.15, -0.1) is 0 Å². The minimum Gasteiger partial charge on any atom is -0.363 e. The van der Waals surface area contributed by atoms with E-state index in [4.69, 9.17) is 5.73 Å². The monoisotopic (exact) mass is 514 g/mol. The molecule has 1 aliphatic rings. The van der Waals surface area contributed by atoms with Gasteiger partial charge >= 0.3 is 6.18 Å². The molecule has 1 saturated heterocycles. The fraction of sp³-hybridized carbons (Fsp3) is 0.346. The Labute approximate surface area is 212 Å². The normalized spacial score (nSPS) is 15.1. The molecule has 0 aliphatic carbocycles. The van der Waals surface area contributed by atoms with E-state index in [0.717, 1.165) is 24.7 Å². The summed E-state index contributed by atoms with van der Waals surface area (Å²) >= 11 is 0. The number of amides is 2. The van der Waals surface area contributed by atoms with E-state index < -0.39 is 23.6 Å². The Hall–Kier alpha value is -3.70. The summed E-state index contributed by atoms with van der Waals surface area (Å²) in [5.74, 6) is -1.17. The van der Waals surface area contributed by atoms with Crippen LogP contribution in [0.4, 0.5) is 18.9 Å². The highest BCUT2D eigenvalue weighted by atomic mass is 19.4. The highest BCUT2D eigenvalue weighted by Gasteiger charge is 2.34. The fourth-order valence-electron chi connectivity index (χ4n) is 4.43. The first-order valence-corrected chi connectivity index (χ1v) is 11.8. The molecule has 2 amide bonds. The summed E-state index contributed by atoms with van der Waals surface area (Å²) in [6.07, 6.45) is -3.07. The van der Waals surface area contributed by atoms with Crippen LogP contribution >= 0.6 is 0 Å². The first-order valence-electron chi connectivity index (χ1n) is 11.8. The second-order valence-electron chi connectivity index (χ2n) is 9.32. The molecule has 1 aromatic heterocycles. The largest absolute Gasteiger partial charge is 0.416 e. The van der Waals surface area contributed by atoms with Crippen LogP contribution in [0.3, 0.4) is 0 Å². The molecule has 0 saturated carbocycles. The number of alkyl halides is 3. The van der Waals surface area contributed by atoms with Crippen LogP contribution in [0.15, 0.2) is 42.6 Å². The zero-order valence-corrected chi connectivity index (χ0v) is 20.9. The molecule has 196 valence electrons. The van der Waals surface area contributed by atoms with E-state index in [-0.39, 0.29) is 29.2 Å². The topological polar surface area (TPSA) is 96.5 Å². The summed E-state index contributed by atoms with van der Waals surface area (Å²) in [6.45, 7) is 5.02. The molecule has 0 unspecified atom stereocenters. The number of hydrogen-bond acceptors (Lipinski definition) is 5. The molecular weight excluding hydrogens is 485 g/mol. The second kappa shape index (κ2) is 10.3. The van der Waals surface area contributed by atoms with Gasteiger partial charge in [-0.25, -0.2) is 4.98 Å². The molecule has 0 atom stereocenters. The van der Waals surface area contributed by atoms with Crippen molar-refractivity contribution in [3.05, 3.63) is 70.7 Å². The van der Waals surface area contributed by atoms with Crippen LogP contribution in [0.5, 0.6) is 0 Å². The van der Waals surface area contributed by atoms with Gasteiger partial charge in [0.15, 0.2) is 5.82 Å². The minimum absolute atomic E-state index is 0.0538. The SMILES string of the molecule is Cc1ccc(C(=O)Nc2ccc(CN3CCN(C)CC3)c(C(F)(F)F)c2)cc1-c1cnc(C(N)=O)n1C. The number of carbonyl (C=O) groups is 2. The summed E-state index contributed by atoms with van der Waals surface area (Å²) in [7, 11) is 3.62. The van der Waals surface area contributed by atoms with Gasteiger partial charge in [-0.2, -0.15) is 13.2 Å². The lowest BCUT2D eigenvalue weighted by Crippen LogP contribution is -2.44. The van der Waals surface area contributed by atoms with Gasteiger partial charge in [0.05, 0.1) is 17.5 Å². The Bertz CT molecular complexity index is 1330. The van der Waals surface area contributed by atoms with Gasteiger partial charge in [-0.3, -0.25) is 14.5 Å². The predicted molar refractivity (Wildman–Crippen MR) is 134 cm³/mol. The van der Waals surface area contributed by atoms with Crippen molar-refractivity contribution in [1.82, 2.24) is 19.4 Å². The summed E-state index contributed by atoms with van der Waals surface area (Å²) < 4.78 is 43.2. The minimum atomic E-state index is -4.56.